The van der Waals surface area contributed by atoms with Crippen molar-refractivity contribution in [1.29, 1.82) is 0 Å². The quantitative estimate of drug-likeness (QED) is 0.601. The molecule has 0 spiro atoms. The summed E-state index contributed by atoms with van der Waals surface area (Å²) in [5.74, 6) is -0.705. The van der Waals surface area contributed by atoms with Crippen LogP contribution in [0.5, 0.6) is 0 Å². The molecule has 1 aliphatic carbocycles. The Morgan fingerprint density at radius 2 is 2.29 bits per heavy atom. The topological polar surface area (TPSA) is 47.0 Å². The lowest BCUT2D eigenvalue weighted by Gasteiger charge is -2.06. The molecule has 0 fully saturated rings. The van der Waals surface area contributed by atoms with Gasteiger partial charge in [-0.2, -0.15) is 0 Å². The molecule has 0 aliphatic heterocycles. The van der Waals surface area contributed by atoms with Gasteiger partial charge in [-0.25, -0.2) is 0 Å². The van der Waals surface area contributed by atoms with Crippen LogP contribution in [0.2, 0.25) is 0 Å². The molecule has 0 aromatic carbocycles. The zero-order valence-corrected chi connectivity index (χ0v) is 9.74. The van der Waals surface area contributed by atoms with E-state index in [1.54, 1.807) is 35.7 Å². The highest BCUT2D eigenvalue weighted by Crippen LogP contribution is 2.32. The van der Waals surface area contributed by atoms with Crippen molar-refractivity contribution in [2.75, 3.05) is 0 Å². The van der Waals surface area contributed by atoms with Crippen LogP contribution in [0.4, 0.5) is 0 Å². The third kappa shape index (κ3) is 1.61. The Bertz CT molecular complexity index is 588. The van der Waals surface area contributed by atoms with Gasteiger partial charge in [-0.05, 0) is 30.0 Å². The Kier molecular flexibility index (Phi) is 2.37. The normalized spacial score (nSPS) is 18.1. The molecule has 2 heterocycles. The van der Waals surface area contributed by atoms with Gasteiger partial charge in [0.2, 0.25) is 0 Å². The number of carbonyl (C=O) groups is 2. The number of thiophene rings is 1. The number of nitrogens with zero attached hydrogens (tertiary/aromatic N) is 1. The Morgan fingerprint density at radius 3 is 3.00 bits per heavy atom. The molecule has 17 heavy (non-hydrogen) atoms. The van der Waals surface area contributed by atoms with E-state index < -0.39 is 5.92 Å². The summed E-state index contributed by atoms with van der Waals surface area (Å²) in [5.41, 5.74) is 1.23. The van der Waals surface area contributed by atoms with Crippen LogP contribution in [0.1, 0.15) is 25.6 Å². The number of ketones is 2. The molecule has 2 aromatic heterocycles. The standard InChI is InChI=1S/C13H9NO2S/c15-12(8-2-1-4-14-7-8)10-6-11-9(13(10)16)3-5-17-11/h1-5,7,10H,6H2. The molecule has 1 unspecified atom stereocenters. The first-order valence-electron chi connectivity index (χ1n) is 5.32. The summed E-state index contributed by atoms with van der Waals surface area (Å²) in [7, 11) is 0. The Hall–Kier alpha value is -1.81. The summed E-state index contributed by atoms with van der Waals surface area (Å²) in [6.07, 6.45) is 3.67. The van der Waals surface area contributed by atoms with Crippen LogP contribution in [-0.2, 0) is 6.42 Å². The monoisotopic (exact) mass is 243 g/mol. The summed E-state index contributed by atoms with van der Waals surface area (Å²) in [5, 5.41) is 1.90. The van der Waals surface area contributed by atoms with Crippen molar-refractivity contribution < 1.29 is 9.59 Å². The second-order valence-corrected chi connectivity index (χ2v) is 4.99. The first-order valence-corrected chi connectivity index (χ1v) is 6.20. The van der Waals surface area contributed by atoms with E-state index in [0.717, 1.165) is 10.4 Å². The summed E-state index contributed by atoms with van der Waals surface area (Å²) in [6.45, 7) is 0. The number of aromatic nitrogens is 1. The summed E-state index contributed by atoms with van der Waals surface area (Å²) >= 11 is 1.54. The third-order valence-electron chi connectivity index (χ3n) is 2.98. The van der Waals surface area contributed by atoms with Crippen molar-refractivity contribution in [3.8, 4) is 0 Å². The van der Waals surface area contributed by atoms with E-state index in [1.165, 1.54) is 6.20 Å². The van der Waals surface area contributed by atoms with Gasteiger partial charge >= 0.3 is 0 Å². The average molecular weight is 243 g/mol. The van der Waals surface area contributed by atoms with Crippen molar-refractivity contribution >= 4 is 22.9 Å². The molecular weight excluding hydrogens is 234 g/mol. The fraction of sp³-hybridized carbons (Fsp3) is 0.154. The Morgan fingerprint density at radius 1 is 1.41 bits per heavy atom. The van der Waals surface area contributed by atoms with Crippen LogP contribution in [-0.4, -0.2) is 16.6 Å². The van der Waals surface area contributed by atoms with Gasteiger partial charge in [0.15, 0.2) is 11.6 Å². The number of pyridine rings is 1. The van der Waals surface area contributed by atoms with Crippen molar-refractivity contribution in [2.24, 2.45) is 5.92 Å². The van der Waals surface area contributed by atoms with E-state index in [2.05, 4.69) is 4.98 Å². The Balaban J connectivity index is 1.91. The molecule has 0 bridgehead atoms. The number of rotatable bonds is 2. The van der Waals surface area contributed by atoms with Crippen molar-refractivity contribution in [3.63, 3.8) is 0 Å². The van der Waals surface area contributed by atoms with Gasteiger partial charge in [0, 0.05) is 28.4 Å². The van der Waals surface area contributed by atoms with Gasteiger partial charge < -0.3 is 0 Å². The summed E-state index contributed by atoms with van der Waals surface area (Å²) < 4.78 is 0. The SMILES string of the molecule is O=C(c1cccnc1)C1Cc2sccc2C1=O. The molecule has 84 valence electrons. The second-order valence-electron chi connectivity index (χ2n) is 3.98. The lowest BCUT2D eigenvalue weighted by molar-refractivity contribution is 0.0822. The van der Waals surface area contributed by atoms with Gasteiger partial charge in [-0.3, -0.25) is 14.6 Å². The predicted molar refractivity (Wildman–Crippen MR) is 64.4 cm³/mol. The van der Waals surface area contributed by atoms with E-state index in [9.17, 15) is 9.59 Å². The molecule has 0 saturated carbocycles. The van der Waals surface area contributed by atoms with Crippen molar-refractivity contribution in [3.05, 3.63) is 52.0 Å². The molecule has 1 aliphatic rings. The zero-order valence-electron chi connectivity index (χ0n) is 8.92. The average Bonchev–Trinajstić information content (AvgIpc) is 2.93. The zero-order chi connectivity index (χ0) is 11.8. The molecular formula is C13H9NO2S. The molecule has 0 saturated heterocycles. The maximum Gasteiger partial charge on any atom is 0.175 e. The van der Waals surface area contributed by atoms with Crippen LogP contribution < -0.4 is 0 Å². The minimum Gasteiger partial charge on any atom is -0.293 e. The highest BCUT2D eigenvalue weighted by molar-refractivity contribution is 7.10. The molecule has 0 N–H and O–H groups in total. The van der Waals surface area contributed by atoms with Crippen LogP contribution in [0.15, 0.2) is 36.0 Å². The number of hydrogen-bond acceptors (Lipinski definition) is 4. The lowest BCUT2D eigenvalue weighted by atomic mass is 9.95. The minimum atomic E-state index is -0.540. The number of carbonyl (C=O) groups excluding carboxylic acids is 2. The van der Waals surface area contributed by atoms with Gasteiger partial charge in [0.05, 0.1) is 5.92 Å². The van der Waals surface area contributed by atoms with Crippen LogP contribution in [0.25, 0.3) is 0 Å². The largest absolute Gasteiger partial charge is 0.293 e. The van der Waals surface area contributed by atoms with Crippen molar-refractivity contribution in [2.45, 2.75) is 6.42 Å². The molecule has 3 rings (SSSR count). The number of hydrogen-bond donors (Lipinski definition) is 0. The van der Waals surface area contributed by atoms with Gasteiger partial charge in [-0.1, -0.05) is 0 Å². The van der Waals surface area contributed by atoms with Gasteiger partial charge in [0.1, 0.15) is 0 Å². The van der Waals surface area contributed by atoms with Crippen LogP contribution in [0, 0.1) is 5.92 Å². The number of fused-ring (bicyclic) bond motifs is 1. The van der Waals surface area contributed by atoms with Gasteiger partial charge in [-0.15, -0.1) is 11.3 Å². The smallest absolute Gasteiger partial charge is 0.175 e. The lowest BCUT2D eigenvalue weighted by Crippen LogP contribution is -2.21. The number of Topliss-reactive ketones (excluding diaryl/α,β-unsaturated/α-hetero) is 2. The fourth-order valence-corrected chi connectivity index (χ4v) is 3.03. The fourth-order valence-electron chi connectivity index (χ4n) is 2.11. The van der Waals surface area contributed by atoms with E-state index in [4.69, 9.17) is 0 Å². The highest BCUT2D eigenvalue weighted by Gasteiger charge is 2.36. The first kappa shape index (κ1) is 10.4. The Labute approximate surface area is 102 Å². The molecule has 0 amide bonds. The van der Waals surface area contributed by atoms with E-state index in [0.29, 0.717) is 12.0 Å². The molecule has 4 heteroatoms. The summed E-state index contributed by atoms with van der Waals surface area (Å²) in [4.78, 5) is 29.1. The maximum atomic E-state index is 12.2. The van der Waals surface area contributed by atoms with Crippen LogP contribution in [0.3, 0.4) is 0 Å². The molecule has 2 aromatic rings. The predicted octanol–water partition coefficient (Wildman–Crippen LogP) is 2.38. The van der Waals surface area contributed by atoms with E-state index in [1.807, 2.05) is 5.38 Å². The van der Waals surface area contributed by atoms with Gasteiger partial charge in [0.25, 0.3) is 0 Å². The molecule has 1 atom stereocenters. The summed E-state index contributed by atoms with van der Waals surface area (Å²) in [6, 6.07) is 5.22. The minimum absolute atomic E-state index is 0.0462. The highest BCUT2D eigenvalue weighted by atomic mass is 32.1. The second kappa shape index (κ2) is 3.89. The maximum absolute atomic E-state index is 12.2. The van der Waals surface area contributed by atoms with E-state index in [-0.39, 0.29) is 11.6 Å². The van der Waals surface area contributed by atoms with Crippen LogP contribution >= 0.6 is 11.3 Å². The third-order valence-corrected chi connectivity index (χ3v) is 3.92. The first-order chi connectivity index (χ1) is 8.27. The van der Waals surface area contributed by atoms with E-state index >= 15 is 0 Å². The molecule has 0 radical (unpaired) electrons. The van der Waals surface area contributed by atoms with Crippen molar-refractivity contribution in [1.82, 2.24) is 4.98 Å². The molecule has 3 nitrogen and oxygen atoms in total.